The van der Waals surface area contributed by atoms with Gasteiger partial charge in [-0.15, -0.1) is 11.3 Å². The van der Waals surface area contributed by atoms with Gasteiger partial charge in [-0.3, -0.25) is 10.1 Å². The zero-order valence-corrected chi connectivity index (χ0v) is 14.7. The molecule has 7 heteroatoms. The van der Waals surface area contributed by atoms with Gasteiger partial charge < -0.3 is 10.6 Å². The molecule has 3 N–H and O–H groups in total. The third-order valence-corrected chi connectivity index (χ3v) is 4.08. The van der Waals surface area contributed by atoms with Crippen LogP contribution in [0.15, 0.2) is 29.6 Å². The third-order valence-electron chi connectivity index (χ3n) is 3.28. The minimum Gasteiger partial charge on any atom is -0.356 e. The molecular formula is C17H22N4O2S. The summed E-state index contributed by atoms with van der Waals surface area (Å²) in [4.78, 5) is 27.9. The molecule has 0 aliphatic carbocycles. The molecule has 24 heavy (non-hydrogen) atoms. The topological polar surface area (TPSA) is 83.1 Å². The highest BCUT2D eigenvalue weighted by Gasteiger charge is 2.09. The molecule has 2 aromatic rings. The number of hydrogen-bond donors (Lipinski definition) is 3. The zero-order chi connectivity index (χ0) is 17.4. The number of thiazole rings is 1. The Morgan fingerprint density at radius 2 is 1.92 bits per heavy atom. The summed E-state index contributed by atoms with van der Waals surface area (Å²) < 4.78 is 0. The van der Waals surface area contributed by atoms with Gasteiger partial charge >= 0.3 is 6.03 Å². The Morgan fingerprint density at radius 1 is 1.17 bits per heavy atom. The molecule has 0 bridgehead atoms. The van der Waals surface area contributed by atoms with Crippen LogP contribution < -0.4 is 16.0 Å². The van der Waals surface area contributed by atoms with E-state index in [-0.39, 0.29) is 18.4 Å². The highest BCUT2D eigenvalue weighted by atomic mass is 32.1. The van der Waals surface area contributed by atoms with Crippen LogP contribution in [0.25, 0.3) is 0 Å². The predicted octanol–water partition coefficient (Wildman–Crippen LogP) is 3.55. The Hall–Kier alpha value is -2.41. The molecule has 2 rings (SSSR count). The second-order valence-electron chi connectivity index (χ2n) is 5.47. The van der Waals surface area contributed by atoms with Crippen molar-refractivity contribution >= 4 is 34.1 Å². The molecule has 0 aliphatic rings. The first-order valence-electron chi connectivity index (χ1n) is 7.92. The Balaban J connectivity index is 1.81. The summed E-state index contributed by atoms with van der Waals surface area (Å²) in [5, 5.41) is 10.5. The number of benzene rings is 1. The monoisotopic (exact) mass is 346 g/mol. The summed E-state index contributed by atoms with van der Waals surface area (Å²) in [7, 11) is 0. The lowest BCUT2D eigenvalue weighted by Gasteiger charge is -2.05. The number of anilines is 2. The van der Waals surface area contributed by atoms with Crippen LogP contribution in [0.5, 0.6) is 0 Å². The van der Waals surface area contributed by atoms with Gasteiger partial charge in [0.2, 0.25) is 5.91 Å². The van der Waals surface area contributed by atoms with E-state index in [9.17, 15) is 9.59 Å². The maximum Gasteiger partial charge on any atom is 0.325 e. The van der Waals surface area contributed by atoms with Crippen molar-refractivity contribution < 1.29 is 9.59 Å². The van der Waals surface area contributed by atoms with Crippen molar-refractivity contribution in [3.8, 4) is 0 Å². The largest absolute Gasteiger partial charge is 0.356 e. The van der Waals surface area contributed by atoms with E-state index in [1.807, 2.05) is 31.2 Å². The molecule has 0 atom stereocenters. The van der Waals surface area contributed by atoms with Gasteiger partial charge in [-0.2, -0.15) is 0 Å². The van der Waals surface area contributed by atoms with Gasteiger partial charge in [-0.1, -0.05) is 31.0 Å². The van der Waals surface area contributed by atoms with Crippen LogP contribution >= 0.6 is 11.3 Å². The smallest absolute Gasteiger partial charge is 0.325 e. The second-order valence-corrected chi connectivity index (χ2v) is 6.33. The summed E-state index contributed by atoms with van der Waals surface area (Å²) >= 11 is 1.30. The van der Waals surface area contributed by atoms with Crippen molar-refractivity contribution in [3.05, 3.63) is 40.9 Å². The molecule has 0 radical (unpaired) electrons. The maximum absolute atomic E-state index is 11.9. The first kappa shape index (κ1) is 17.9. The van der Waals surface area contributed by atoms with Crippen molar-refractivity contribution in [1.82, 2.24) is 10.3 Å². The number of carbonyl (C=O) groups is 2. The lowest BCUT2D eigenvalue weighted by molar-refractivity contribution is -0.120. The first-order valence-corrected chi connectivity index (χ1v) is 8.80. The predicted molar refractivity (Wildman–Crippen MR) is 97.6 cm³/mol. The Labute approximate surface area is 145 Å². The van der Waals surface area contributed by atoms with Crippen molar-refractivity contribution in [2.75, 3.05) is 17.2 Å². The number of nitrogens with zero attached hydrogens (tertiary/aromatic N) is 1. The lowest BCUT2D eigenvalue weighted by Crippen LogP contribution is -2.26. The summed E-state index contributed by atoms with van der Waals surface area (Å²) in [5.74, 6) is -0.0515. The number of nitrogens with one attached hydrogen (secondary N) is 3. The van der Waals surface area contributed by atoms with Crippen LogP contribution in [0.3, 0.4) is 0 Å². The average molecular weight is 346 g/mol. The van der Waals surface area contributed by atoms with E-state index in [1.165, 1.54) is 11.3 Å². The molecule has 128 valence electrons. The van der Waals surface area contributed by atoms with Crippen molar-refractivity contribution in [2.45, 2.75) is 33.1 Å². The minimum absolute atomic E-state index is 0.0515. The van der Waals surface area contributed by atoms with E-state index >= 15 is 0 Å². The fraction of sp³-hybridized carbons (Fsp3) is 0.353. The van der Waals surface area contributed by atoms with Crippen LogP contribution in [0, 0.1) is 6.92 Å². The summed E-state index contributed by atoms with van der Waals surface area (Å²) in [5.41, 5.74) is 2.49. The molecule has 0 spiro atoms. The number of aryl methyl sites for hydroxylation is 1. The molecule has 0 aliphatic heterocycles. The van der Waals surface area contributed by atoms with Crippen LogP contribution in [-0.4, -0.2) is 23.5 Å². The zero-order valence-electron chi connectivity index (χ0n) is 13.9. The van der Waals surface area contributed by atoms with E-state index in [0.717, 1.165) is 18.4 Å². The molecule has 1 aromatic heterocycles. The highest BCUT2D eigenvalue weighted by Crippen LogP contribution is 2.16. The van der Waals surface area contributed by atoms with Gasteiger partial charge in [0.1, 0.15) is 0 Å². The van der Waals surface area contributed by atoms with Gasteiger partial charge in [-0.25, -0.2) is 9.78 Å². The normalized spacial score (nSPS) is 10.2. The summed E-state index contributed by atoms with van der Waals surface area (Å²) in [6, 6.07) is 7.17. The van der Waals surface area contributed by atoms with Crippen molar-refractivity contribution in [2.24, 2.45) is 0 Å². The van der Waals surface area contributed by atoms with E-state index in [4.69, 9.17) is 0 Å². The summed E-state index contributed by atoms with van der Waals surface area (Å²) in [6.07, 6.45) is 2.23. The van der Waals surface area contributed by atoms with Crippen molar-refractivity contribution in [1.29, 1.82) is 0 Å². The molecule has 0 fully saturated rings. The van der Waals surface area contributed by atoms with Crippen LogP contribution in [0.1, 0.15) is 31.0 Å². The lowest BCUT2D eigenvalue weighted by atomic mass is 10.2. The molecule has 1 aromatic carbocycles. The molecule has 1 heterocycles. The standard InChI is InChI=1S/C17H22N4O2S/c1-3-4-9-18-15(22)10-14-11-24-17(20-14)21-16(23)19-13-7-5-12(2)6-8-13/h5-8,11H,3-4,9-10H2,1-2H3,(H,18,22)(H2,19,20,21,23). The molecule has 6 nitrogen and oxygen atoms in total. The number of amides is 3. The number of unbranched alkanes of at least 4 members (excludes halogenated alkanes) is 1. The van der Waals surface area contributed by atoms with Gasteiger partial charge in [0.15, 0.2) is 5.13 Å². The minimum atomic E-state index is -0.354. The van der Waals surface area contributed by atoms with E-state index in [0.29, 0.717) is 23.1 Å². The highest BCUT2D eigenvalue weighted by molar-refractivity contribution is 7.13. The average Bonchev–Trinajstić information content (AvgIpc) is 2.96. The maximum atomic E-state index is 11.9. The van der Waals surface area contributed by atoms with Gasteiger partial charge in [0, 0.05) is 17.6 Å². The molecule has 0 saturated heterocycles. The SMILES string of the molecule is CCCCNC(=O)Cc1csc(NC(=O)Nc2ccc(C)cc2)n1. The van der Waals surface area contributed by atoms with E-state index in [1.54, 1.807) is 5.38 Å². The summed E-state index contributed by atoms with van der Waals surface area (Å²) in [6.45, 7) is 4.75. The molecule has 3 amide bonds. The Morgan fingerprint density at radius 3 is 2.62 bits per heavy atom. The van der Waals surface area contributed by atoms with Gasteiger partial charge in [-0.05, 0) is 25.5 Å². The number of carbonyl (C=O) groups excluding carboxylic acids is 2. The van der Waals surface area contributed by atoms with Crippen LogP contribution in [-0.2, 0) is 11.2 Å². The number of urea groups is 1. The quantitative estimate of drug-likeness (QED) is 0.670. The van der Waals surface area contributed by atoms with Crippen LogP contribution in [0.2, 0.25) is 0 Å². The fourth-order valence-electron chi connectivity index (χ4n) is 1.97. The van der Waals surface area contributed by atoms with E-state index < -0.39 is 0 Å². The number of hydrogen-bond acceptors (Lipinski definition) is 4. The second kappa shape index (κ2) is 9.02. The third kappa shape index (κ3) is 6.00. The fourth-order valence-corrected chi connectivity index (χ4v) is 2.68. The number of rotatable bonds is 7. The van der Waals surface area contributed by atoms with Crippen molar-refractivity contribution in [3.63, 3.8) is 0 Å². The molecular weight excluding hydrogens is 324 g/mol. The molecule has 0 unspecified atom stereocenters. The van der Waals surface area contributed by atoms with Gasteiger partial charge in [0.05, 0.1) is 12.1 Å². The first-order chi connectivity index (χ1) is 11.6. The van der Waals surface area contributed by atoms with E-state index in [2.05, 4.69) is 27.9 Å². The Kier molecular flexibility index (Phi) is 6.74. The van der Waals surface area contributed by atoms with Gasteiger partial charge in [0.25, 0.3) is 0 Å². The Bertz CT molecular complexity index is 682. The van der Waals surface area contributed by atoms with Crippen LogP contribution in [0.4, 0.5) is 15.6 Å². The molecule has 0 saturated carbocycles. The number of aromatic nitrogens is 1.